The molecule has 3 N–H and O–H groups in total. The standard InChI is InChI=1S/C16H21N7O2S2/c17-8-13-9-18-16(26-13)21-14-7-15(20-11-19-14)23-4-2-22(3-5-23)12-1-6-27(24,25)10-12/h7,9,11-12,24-25H,1-6,10H2,(H,18,19,20,21). The largest absolute Gasteiger partial charge is 0.354 e. The van der Waals surface area contributed by atoms with Crippen LogP contribution in [-0.4, -0.2) is 72.7 Å². The van der Waals surface area contributed by atoms with E-state index in [9.17, 15) is 9.11 Å². The number of nitrogens with one attached hydrogen (secondary N) is 1. The predicted octanol–water partition coefficient (Wildman–Crippen LogP) is 2.19. The molecule has 0 aliphatic carbocycles. The topological polar surface area (TPSA) is 121 Å². The normalized spacial score (nSPS) is 23.7. The molecule has 27 heavy (non-hydrogen) atoms. The van der Waals surface area contributed by atoms with Gasteiger partial charge in [-0.3, -0.25) is 14.0 Å². The Labute approximate surface area is 163 Å². The van der Waals surface area contributed by atoms with Crippen LogP contribution < -0.4 is 10.2 Å². The molecule has 0 radical (unpaired) electrons. The van der Waals surface area contributed by atoms with E-state index in [1.165, 1.54) is 23.9 Å². The summed E-state index contributed by atoms with van der Waals surface area (Å²) >= 11 is 1.28. The SMILES string of the molecule is N#Cc1cnc(Nc2cc(N3CCN(C4CCS(O)(O)C4)CC3)ncn2)s1. The second-order valence-electron chi connectivity index (χ2n) is 6.67. The fourth-order valence-corrected chi connectivity index (χ4v) is 5.92. The van der Waals surface area contributed by atoms with Crippen molar-refractivity contribution in [2.75, 3.05) is 47.9 Å². The molecule has 0 amide bonds. The summed E-state index contributed by atoms with van der Waals surface area (Å²) in [6.45, 7) is 3.43. The van der Waals surface area contributed by atoms with Crippen LogP contribution in [0.5, 0.6) is 0 Å². The lowest BCUT2D eigenvalue weighted by Crippen LogP contribution is -2.50. The van der Waals surface area contributed by atoms with Crippen LogP contribution >= 0.6 is 21.9 Å². The Morgan fingerprint density at radius 2 is 2.04 bits per heavy atom. The Balaban J connectivity index is 1.36. The maximum atomic E-state index is 9.85. The number of hydrogen-bond donors (Lipinski definition) is 3. The van der Waals surface area contributed by atoms with Gasteiger partial charge in [0.15, 0.2) is 5.13 Å². The van der Waals surface area contributed by atoms with E-state index < -0.39 is 10.6 Å². The molecule has 1 unspecified atom stereocenters. The van der Waals surface area contributed by atoms with Gasteiger partial charge in [-0.25, -0.2) is 15.0 Å². The highest BCUT2D eigenvalue weighted by Crippen LogP contribution is 2.47. The fourth-order valence-electron chi connectivity index (χ4n) is 3.49. The molecule has 2 aliphatic heterocycles. The van der Waals surface area contributed by atoms with Crippen molar-refractivity contribution >= 4 is 38.7 Å². The van der Waals surface area contributed by atoms with Crippen molar-refractivity contribution in [2.24, 2.45) is 0 Å². The van der Waals surface area contributed by atoms with Crippen molar-refractivity contribution in [1.29, 1.82) is 5.26 Å². The summed E-state index contributed by atoms with van der Waals surface area (Å²) in [4.78, 5) is 17.9. The summed E-state index contributed by atoms with van der Waals surface area (Å²) in [7, 11) is -2.36. The summed E-state index contributed by atoms with van der Waals surface area (Å²) in [5.74, 6) is 2.53. The van der Waals surface area contributed by atoms with Crippen molar-refractivity contribution in [3.05, 3.63) is 23.5 Å². The molecule has 2 aromatic rings. The Hall–Kier alpha value is -1.97. The lowest BCUT2D eigenvalue weighted by Gasteiger charge is -2.39. The van der Waals surface area contributed by atoms with E-state index in [0.717, 1.165) is 38.4 Å². The van der Waals surface area contributed by atoms with Gasteiger partial charge in [0, 0.05) is 44.0 Å². The summed E-state index contributed by atoms with van der Waals surface area (Å²) in [6.07, 6.45) is 3.92. The molecule has 2 saturated heterocycles. The number of hydrogen-bond acceptors (Lipinski definition) is 10. The molecule has 0 aromatic carbocycles. The smallest absolute Gasteiger partial charge is 0.189 e. The summed E-state index contributed by atoms with van der Waals surface area (Å²) in [5.41, 5.74) is 0. The molecule has 0 spiro atoms. The number of rotatable bonds is 4. The van der Waals surface area contributed by atoms with E-state index in [4.69, 9.17) is 5.26 Å². The molecular weight excluding hydrogens is 386 g/mol. The minimum Gasteiger partial charge on any atom is -0.354 e. The van der Waals surface area contributed by atoms with E-state index >= 15 is 0 Å². The van der Waals surface area contributed by atoms with E-state index in [-0.39, 0.29) is 6.04 Å². The van der Waals surface area contributed by atoms with Crippen LogP contribution in [0.15, 0.2) is 18.6 Å². The van der Waals surface area contributed by atoms with Gasteiger partial charge in [0.1, 0.15) is 28.9 Å². The Kier molecular flexibility index (Phi) is 5.16. The number of aromatic nitrogens is 3. The van der Waals surface area contributed by atoms with E-state index in [1.54, 1.807) is 0 Å². The third-order valence-corrected chi connectivity index (χ3v) is 7.52. The number of nitrogens with zero attached hydrogens (tertiary/aromatic N) is 6. The first-order valence-corrected chi connectivity index (χ1v) is 11.4. The second kappa shape index (κ2) is 7.57. The van der Waals surface area contributed by atoms with Crippen LogP contribution in [0.25, 0.3) is 0 Å². The molecule has 1 atom stereocenters. The van der Waals surface area contributed by atoms with Crippen LogP contribution in [0, 0.1) is 11.3 Å². The monoisotopic (exact) mass is 407 g/mol. The summed E-state index contributed by atoms with van der Waals surface area (Å²) < 4.78 is 19.7. The third-order valence-electron chi connectivity index (χ3n) is 4.90. The van der Waals surface area contributed by atoms with Gasteiger partial charge in [-0.2, -0.15) is 15.9 Å². The average molecular weight is 408 g/mol. The maximum Gasteiger partial charge on any atom is 0.189 e. The first-order valence-electron chi connectivity index (χ1n) is 8.70. The highest BCUT2D eigenvalue weighted by atomic mass is 32.3. The first kappa shape index (κ1) is 18.4. The van der Waals surface area contributed by atoms with Crippen molar-refractivity contribution in [3.8, 4) is 6.07 Å². The van der Waals surface area contributed by atoms with Gasteiger partial charge >= 0.3 is 0 Å². The van der Waals surface area contributed by atoms with E-state index in [0.29, 0.717) is 27.3 Å². The quantitative estimate of drug-likeness (QED) is 0.700. The number of thiazole rings is 1. The highest BCUT2D eigenvalue weighted by molar-refractivity contribution is 8.24. The predicted molar refractivity (Wildman–Crippen MR) is 107 cm³/mol. The lowest BCUT2D eigenvalue weighted by molar-refractivity contribution is 0.200. The van der Waals surface area contributed by atoms with Gasteiger partial charge in [-0.15, -0.1) is 0 Å². The molecule has 4 heterocycles. The van der Waals surface area contributed by atoms with Crippen molar-refractivity contribution in [2.45, 2.75) is 12.5 Å². The molecule has 2 fully saturated rings. The molecule has 2 aliphatic rings. The number of anilines is 3. The van der Waals surface area contributed by atoms with Crippen LogP contribution in [0.1, 0.15) is 11.3 Å². The molecule has 0 bridgehead atoms. The summed E-state index contributed by atoms with van der Waals surface area (Å²) in [5, 5.41) is 12.6. The van der Waals surface area contributed by atoms with E-state index in [1.807, 2.05) is 6.07 Å². The van der Waals surface area contributed by atoms with Crippen molar-refractivity contribution in [1.82, 2.24) is 19.9 Å². The highest BCUT2D eigenvalue weighted by Gasteiger charge is 2.34. The van der Waals surface area contributed by atoms with E-state index in [2.05, 4.69) is 36.1 Å². The van der Waals surface area contributed by atoms with Gasteiger partial charge in [-0.1, -0.05) is 11.3 Å². The van der Waals surface area contributed by atoms with Gasteiger partial charge in [-0.05, 0) is 6.42 Å². The molecule has 0 saturated carbocycles. The summed E-state index contributed by atoms with van der Waals surface area (Å²) in [6, 6.07) is 4.23. The van der Waals surface area contributed by atoms with Crippen molar-refractivity contribution < 1.29 is 9.11 Å². The van der Waals surface area contributed by atoms with Crippen LogP contribution in [-0.2, 0) is 0 Å². The van der Waals surface area contributed by atoms with Gasteiger partial charge in [0.2, 0.25) is 0 Å². The Morgan fingerprint density at radius 3 is 2.70 bits per heavy atom. The maximum absolute atomic E-state index is 9.85. The second-order valence-corrected chi connectivity index (χ2v) is 10.0. The number of piperazine rings is 1. The Bertz CT molecular complexity index is 845. The van der Waals surface area contributed by atoms with Crippen LogP contribution in [0.4, 0.5) is 16.8 Å². The molecule has 11 heteroatoms. The molecular formula is C16H21N7O2S2. The van der Waals surface area contributed by atoms with Crippen molar-refractivity contribution in [3.63, 3.8) is 0 Å². The van der Waals surface area contributed by atoms with Gasteiger partial charge in [0.25, 0.3) is 0 Å². The zero-order valence-electron chi connectivity index (χ0n) is 14.7. The Morgan fingerprint density at radius 1 is 1.22 bits per heavy atom. The molecule has 9 nitrogen and oxygen atoms in total. The molecule has 4 rings (SSSR count). The minimum absolute atomic E-state index is 0.277. The van der Waals surface area contributed by atoms with Crippen LogP contribution in [0.3, 0.4) is 0 Å². The fraction of sp³-hybridized carbons (Fsp3) is 0.500. The molecule has 144 valence electrons. The zero-order valence-corrected chi connectivity index (χ0v) is 16.3. The lowest BCUT2D eigenvalue weighted by atomic mass is 10.2. The average Bonchev–Trinajstić information content (AvgIpc) is 3.28. The van der Waals surface area contributed by atoms with Crippen LogP contribution in [0.2, 0.25) is 0 Å². The molecule has 2 aromatic heterocycles. The zero-order chi connectivity index (χ0) is 18.9. The number of nitriles is 1. The van der Waals surface area contributed by atoms with Gasteiger partial charge in [0.05, 0.1) is 11.9 Å². The first-order chi connectivity index (χ1) is 13.0. The third kappa shape index (κ3) is 4.31. The minimum atomic E-state index is -2.36. The van der Waals surface area contributed by atoms with Gasteiger partial charge < -0.3 is 10.2 Å².